The lowest BCUT2D eigenvalue weighted by Crippen LogP contribution is -2.04. The minimum Gasteiger partial charge on any atom is -0.369 e. The molecule has 0 radical (unpaired) electrons. The van der Waals surface area contributed by atoms with Crippen molar-refractivity contribution in [3.05, 3.63) is 36.5 Å². The van der Waals surface area contributed by atoms with E-state index < -0.39 is 0 Å². The monoisotopic (exact) mass is 267 g/mol. The van der Waals surface area contributed by atoms with E-state index in [-0.39, 0.29) is 0 Å². The van der Waals surface area contributed by atoms with Crippen LogP contribution in [0.4, 0.5) is 5.82 Å². The molecule has 104 valence electrons. The third-order valence-corrected chi connectivity index (χ3v) is 3.76. The van der Waals surface area contributed by atoms with Gasteiger partial charge in [-0.25, -0.2) is 4.98 Å². The van der Waals surface area contributed by atoms with Crippen molar-refractivity contribution in [2.24, 2.45) is 0 Å². The van der Waals surface area contributed by atoms with Gasteiger partial charge in [-0.3, -0.25) is 0 Å². The molecule has 0 aliphatic carbocycles. The minimum atomic E-state index is 0.890. The van der Waals surface area contributed by atoms with Gasteiger partial charge in [-0.2, -0.15) is 0 Å². The Labute approximate surface area is 119 Å². The van der Waals surface area contributed by atoms with Gasteiger partial charge in [0, 0.05) is 35.6 Å². The molecule has 3 heteroatoms. The van der Waals surface area contributed by atoms with Gasteiger partial charge in [-0.1, -0.05) is 31.5 Å². The van der Waals surface area contributed by atoms with Crippen LogP contribution >= 0.6 is 0 Å². The lowest BCUT2D eigenvalue weighted by atomic mass is 10.2. The van der Waals surface area contributed by atoms with Gasteiger partial charge in [0.15, 0.2) is 5.82 Å². The Morgan fingerprint density at radius 1 is 1.10 bits per heavy atom. The van der Waals surface area contributed by atoms with Gasteiger partial charge < -0.3 is 9.88 Å². The normalized spacial score (nSPS) is 11.3. The number of nitrogens with zero attached hydrogens (tertiary/aromatic N) is 2. The summed E-state index contributed by atoms with van der Waals surface area (Å²) < 4.78 is 2.42. The molecule has 2 aromatic heterocycles. The molecular formula is C17H21N3. The maximum Gasteiger partial charge on any atom is 0.150 e. The van der Waals surface area contributed by atoms with E-state index in [2.05, 4.69) is 59.0 Å². The van der Waals surface area contributed by atoms with Crippen LogP contribution in [-0.2, 0) is 6.54 Å². The zero-order valence-electron chi connectivity index (χ0n) is 12.2. The molecule has 2 heterocycles. The first-order chi connectivity index (χ1) is 9.86. The third kappa shape index (κ3) is 2.03. The Hall–Kier alpha value is -2.03. The van der Waals surface area contributed by atoms with E-state index in [9.17, 15) is 0 Å². The van der Waals surface area contributed by atoms with E-state index >= 15 is 0 Å². The van der Waals surface area contributed by atoms with Crippen LogP contribution in [0, 0.1) is 0 Å². The molecule has 0 aliphatic heterocycles. The number of pyridine rings is 1. The van der Waals surface area contributed by atoms with Crippen molar-refractivity contribution in [2.75, 3.05) is 11.9 Å². The second-order valence-electron chi connectivity index (χ2n) is 5.11. The maximum atomic E-state index is 4.53. The highest BCUT2D eigenvalue weighted by Crippen LogP contribution is 2.32. The molecule has 0 atom stereocenters. The number of aromatic nitrogens is 2. The van der Waals surface area contributed by atoms with E-state index in [0.29, 0.717) is 0 Å². The van der Waals surface area contributed by atoms with E-state index in [1.54, 1.807) is 0 Å². The first-order valence-electron chi connectivity index (χ1n) is 7.46. The van der Waals surface area contributed by atoms with E-state index in [4.69, 9.17) is 0 Å². The summed E-state index contributed by atoms with van der Waals surface area (Å²) in [7, 11) is 0. The fourth-order valence-corrected chi connectivity index (χ4v) is 2.85. The number of rotatable bonds is 5. The van der Waals surface area contributed by atoms with E-state index in [1.165, 1.54) is 34.6 Å². The average molecular weight is 267 g/mol. The molecule has 1 N–H and O–H groups in total. The van der Waals surface area contributed by atoms with Gasteiger partial charge in [-0.05, 0) is 25.5 Å². The number of nitrogens with one attached hydrogen (secondary N) is 1. The van der Waals surface area contributed by atoms with Crippen molar-refractivity contribution in [1.82, 2.24) is 9.55 Å². The van der Waals surface area contributed by atoms with Crippen molar-refractivity contribution in [1.29, 1.82) is 0 Å². The van der Waals surface area contributed by atoms with Crippen LogP contribution < -0.4 is 5.32 Å². The first-order valence-corrected chi connectivity index (χ1v) is 7.46. The zero-order chi connectivity index (χ0) is 13.9. The van der Waals surface area contributed by atoms with Crippen LogP contribution in [0.2, 0.25) is 0 Å². The largest absolute Gasteiger partial charge is 0.369 e. The summed E-state index contributed by atoms with van der Waals surface area (Å²) in [6.45, 7) is 6.28. The van der Waals surface area contributed by atoms with E-state index in [0.717, 1.165) is 18.9 Å². The van der Waals surface area contributed by atoms with Crippen molar-refractivity contribution in [3.8, 4) is 0 Å². The number of para-hydroxylation sites is 1. The van der Waals surface area contributed by atoms with Gasteiger partial charge in [-0.15, -0.1) is 0 Å². The minimum absolute atomic E-state index is 0.890. The summed E-state index contributed by atoms with van der Waals surface area (Å²) in [5.74, 6) is 0.998. The fourth-order valence-electron chi connectivity index (χ4n) is 2.85. The number of fused-ring (bicyclic) bond motifs is 3. The van der Waals surface area contributed by atoms with Gasteiger partial charge in [0.25, 0.3) is 0 Å². The SMILES string of the molecule is CCCCn1c2ccccc2c2ccnc(NCC)c21. The van der Waals surface area contributed by atoms with Crippen molar-refractivity contribution < 1.29 is 0 Å². The number of anilines is 1. The van der Waals surface area contributed by atoms with Crippen molar-refractivity contribution in [3.63, 3.8) is 0 Å². The number of hydrogen-bond donors (Lipinski definition) is 1. The molecular weight excluding hydrogens is 246 g/mol. The van der Waals surface area contributed by atoms with Crippen LogP contribution in [0.3, 0.4) is 0 Å². The van der Waals surface area contributed by atoms with Crippen molar-refractivity contribution in [2.45, 2.75) is 33.2 Å². The average Bonchev–Trinajstić information content (AvgIpc) is 2.81. The van der Waals surface area contributed by atoms with E-state index in [1.807, 2.05) is 6.20 Å². The molecule has 3 rings (SSSR count). The van der Waals surface area contributed by atoms with Crippen molar-refractivity contribution >= 4 is 27.6 Å². The summed E-state index contributed by atoms with van der Waals surface area (Å²) in [5, 5.41) is 6.01. The van der Waals surface area contributed by atoms with Crippen LogP contribution in [0.1, 0.15) is 26.7 Å². The molecule has 0 amide bonds. The quantitative estimate of drug-likeness (QED) is 0.741. The number of benzene rings is 1. The Morgan fingerprint density at radius 3 is 2.75 bits per heavy atom. The lowest BCUT2D eigenvalue weighted by molar-refractivity contribution is 0.664. The Balaban J connectivity index is 2.33. The molecule has 0 unspecified atom stereocenters. The van der Waals surface area contributed by atoms with Crippen LogP contribution in [0.15, 0.2) is 36.5 Å². The molecule has 0 aliphatic rings. The second-order valence-corrected chi connectivity index (χ2v) is 5.11. The molecule has 0 saturated heterocycles. The van der Waals surface area contributed by atoms with Gasteiger partial charge >= 0.3 is 0 Å². The highest BCUT2D eigenvalue weighted by molar-refractivity contribution is 6.11. The Bertz CT molecular complexity index is 728. The highest BCUT2D eigenvalue weighted by Gasteiger charge is 2.13. The predicted octanol–water partition coefficient (Wildman–Crippen LogP) is 4.42. The molecule has 0 fully saturated rings. The Kier molecular flexibility index (Phi) is 3.59. The molecule has 1 aromatic carbocycles. The van der Waals surface area contributed by atoms with Gasteiger partial charge in [0.1, 0.15) is 0 Å². The number of unbranched alkanes of at least 4 members (excludes halogenated alkanes) is 1. The summed E-state index contributed by atoms with van der Waals surface area (Å²) >= 11 is 0. The van der Waals surface area contributed by atoms with Gasteiger partial charge in [0.05, 0.1) is 5.52 Å². The summed E-state index contributed by atoms with van der Waals surface area (Å²) in [4.78, 5) is 4.53. The number of aryl methyl sites for hydroxylation is 1. The standard InChI is InChI=1S/C17H21N3/c1-3-5-12-20-15-9-7-6-8-13(15)14-10-11-19-17(16(14)20)18-4-2/h6-11H,3-5,12H2,1-2H3,(H,18,19). The molecule has 3 aromatic rings. The maximum absolute atomic E-state index is 4.53. The van der Waals surface area contributed by atoms with Crippen LogP contribution in [0.25, 0.3) is 21.8 Å². The lowest BCUT2D eigenvalue weighted by Gasteiger charge is -2.10. The number of hydrogen-bond acceptors (Lipinski definition) is 2. The first kappa shape index (κ1) is 13.0. The summed E-state index contributed by atoms with van der Waals surface area (Å²) in [6.07, 6.45) is 4.29. The Morgan fingerprint density at radius 2 is 1.95 bits per heavy atom. The zero-order valence-corrected chi connectivity index (χ0v) is 12.2. The second kappa shape index (κ2) is 5.53. The molecule has 20 heavy (non-hydrogen) atoms. The molecule has 0 bridgehead atoms. The topological polar surface area (TPSA) is 29.9 Å². The van der Waals surface area contributed by atoms with Gasteiger partial charge in [0.2, 0.25) is 0 Å². The summed E-state index contributed by atoms with van der Waals surface area (Å²) in [5.41, 5.74) is 2.55. The summed E-state index contributed by atoms with van der Waals surface area (Å²) in [6, 6.07) is 10.8. The highest BCUT2D eigenvalue weighted by atomic mass is 15.1. The predicted molar refractivity (Wildman–Crippen MR) is 86.3 cm³/mol. The van der Waals surface area contributed by atoms with Crippen LogP contribution in [-0.4, -0.2) is 16.1 Å². The molecule has 0 spiro atoms. The molecule has 0 saturated carbocycles. The smallest absolute Gasteiger partial charge is 0.150 e. The van der Waals surface area contributed by atoms with Crippen LogP contribution in [0.5, 0.6) is 0 Å². The fraction of sp³-hybridized carbons (Fsp3) is 0.353. The molecule has 3 nitrogen and oxygen atoms in total. The third-order valence-electron chi connectivity index (χ3n) is 3.76.